The summed E-state index contributed by atoms with van der Waals surface area (Å²) in [4.78, 5) is 0. The Balaban J connectivity index is 1.76. The molecule has 1 heterocycles. The van der Waals surface area contributed by atoms with Gasteiger partial charge in [-0.2, -0.15) is 0 Å². The van der Waals surface area contributed by atoms with Crippen LogP contribution in [-0.2, 0) is 19.3 Å². The minimum Gasteiger partial charge on any atom is -0.316 e. The van der Waals surface area contributed by atoms with Crippen LogP contribution in [0.4, 0.5) is 0 Å². The molecule has 0 unspecified atom stereocenters. The van der Waals surface area contributed by atoms with Gasteiger partial charge in [0, 0.05) is 0 Å². The number of benzene rings is 1. The Bertz CT molecular complexity index is 370. The van der Waals surface area contributed by atoms with Crippen LogP contribution in [0.1, 0.15) is 62.1 Å². The lowest BCUT2D eigenvalue weighted by Crippen LogP contribution is -2.16. The smallest absolute Gasteiger partial charge is 0.000812 e. The molecule has 1 N–H and O–H groups in total. The number of aryl methyl sites for hydroxylation is 1. The first-order chi connectivity index (χ1) is 9.40. The monoisotopic (exact) mass is 259 g/mol. The van der Waals surface area contributed by atoms with Crippen molar-refractivity contribution >= 4 is 0 Å². The van der Waals surface area contributed by atoms with Crippen molar-refractivity contribution in [2.75, 3.05) is 13.1 Å². The van der Waals surface area contributed by atoms with E-state index in [4.69, 9.17) is 0 Å². The van der Waals surface area contributed by atoms with Crippen LogP contribution in [0.3, 0.4) is 0 Å². The van der Waals surface area contributed by atoms with E-state index in [0.717, 1.165) is 13.1 Å². The fourth-order valence-electron chi connectivity index (χ4n) is 2.99. The Morgan fingerprint density at radius 1 is 0.895 bits per heavy atom. The zero-order valence-corrected chi connectivity index (χ0v) is 12.5. The van der Waals surface area contributed by atoms with Gasteiger partial charge in [0.05, 0.1) is 0 Å². The van der Waals surface area contributed by atoms with Gasteiger partial charge in [-0.15, -0.1) is 0 Å². The summed E-state index contributed by atoms with van der Waals surface area (Å²) in [5.41, 5.74) is 4.71. The topological polar surface area (TPSA) is 12.0 Å². The minimum absolute atomic E-state index is 1.14. The molecule has 106 valence electrons. The molecule has 0 saturated heterocycles. The maximum Gasteiger partial charge on any atom is -0.000812 e. The highest BCUT2D eigenvalue weighted by atomic mass is 14.8. The molecular formula is C18H29N. The van der Waals surface area contributed by atoms with Gasteiger partial charge in [-0.25, -0.2) is 0 Å². The summed E-state index contributed by atoms with van der Waals surface area (Å²) >= 11 is 0. The lowest BCUT2D eigenvalue weighted by molar-refractivity contribution is 0.607. The third-order valence-corrected chi connectivity index (χ3v) is 4.23. The summed E-state index contributed by atoms with van der Waals surface area (Å²) in [6.07, 6.45) is 12.0. The summed E-state index contributed by atoms with van der Waals surface area (Å²) in [7, 11) is 0. The van der Waals surface area contributed by atoms with E-state index < -0.39 is 0 Å². The molecule has 0 atom stereocenters. The number of nitrogens with one attached hydrogen (secondary N) is 1. The van der Waals surface area contributed by atoms with Crippen molar-refractivity contribution in [1.82, 2.24) is 5.32 Å². The second-order valence-electron chi connectivity index (χ2n) is 5.87. The van der Waals surface area contributed by atoms with Crippen molar-refractivity contribution in [2.24, 2.45) is 0 Å². The molecule has 1 heteroatoms. The second kappa shape index (κ2) is 8.37. The second-order valence-corrected chi connectivity index (χ2v) is 5.87. The van der Waals surface area contributed by atoms with E-state index in [2.05, 4.69) is 30.4 Å². The molecule has 0 spiro atoms. The van der Waals surface area contributed by atoms with Crippen LogP contribution in [0.15, 0.2) is 18.2 Å². The molecule has 0 bridgehead atoms. The number of hydrogen-bond acceptors (Lipinski definition) is 1. The molecule has 1 aliphatic rings. The molecule has 2 rings (SSSR count). The molecule has 0 amide bonds. The zero-order valence-electron chi connectivity index (χ0n) is 12.5. The number of hydrogen-bond donors (Lipinski definition) is 1. The van der Waals surface area contributed by atoms with Crippen molar-refractivity contribution < 1.29 is 0 Å². The lowest BCUT2D eigenvalue weighted by atomic mass is 9.97. The number of unbranched alkanes of at least 4 members (excludes halogenated alkanes) is 5. The van der Waals surface area contributed by atoms with Gasteiger partial charge >= 0.3 is 0 Å². The Kier molecular flexibility index (Phi) is 6.43. The predicted molar refractivity (Wildman–Crippen MR) is 83.8 cm³/mol. The highest BCUT2D eigenvalue weighted by molar-refractivity contribution is 5.33. The molecule has 0 fully saturated rings. The standard InChI is InChI=1S/C18H29N/c1-2-3-4-5-6-7-8-16-9-10-17-11-13-19-14-12-18(17)15-16/h9-10,15,19H,2-8,11-14H2,1H3. The van der Waals surface area contributed by atoms with Gasteiger partial charge in [0.25, 0.3) is 0 Å². The van der Waals surface area contributed by atoms with Gasteiger partial charge in [-0.3, -0.25) is 0 Å². The molecule has 1 aromatic rings. The van der Waals surface area contributed by atoms with Gasteiger partial charge in [0.2, 0.25) is 0 Å². The van der Waals surface area contributed by atoms with Crippen LogP contribution in [0.2, 0.25) is 0 Å². The highest BCUT2D eigenvalue weighted by Crippen LogP contribution is 2.17. The fourth-order valence-corrected chi connectivity index (χ4v) is 2.99. The first-order valence-corrected chi connectivity index (χ1v) is 8.21. The molecule has 1 aliphatic heterocycles. The van der Waals surface area contributed by atoms with Gasteiger partial charge < -0.3 is 5.32 Å². The molecular weight excluding hydrogens is 230 g/mol. The van der Waals surface area contributed by atoms with Gasteiger partial charge in [0.1, 0.15) is 0 Å². The minimum atomic E-state index is 1.14. The molecule has 19 heavy (non-hydrogen) atoms. The summed E-state index contributed by atoms with van der Waals surface area (Å²) in [5, 5.41) is 3.49. The average Bonchev–Trinajstić information content (AvgIpc) is 2.67. The highest BCUT2D eigenvalue weighted by Gasteiger charge is 2.07. The van der Waals surface area contributed by atoms with Crippen LogP contribution < -0.4 is 5.32 Å². The normalized spacial score (nSPS) is 15.0. The van der Waals surface area contributed by atoms with Gasteiger partial charge in [0.15, 0.2) is 0 Å². The summed E-state index contributed by atoms with van der Waals surface area (Å²) < 4.78 is 0. The van der Waals surface area contributed by atoms with E-state index in [1.54, 1.807) is 16.7 Å². The van der Waals surface area contributed by atoms with E-state index in [0.29, 0.717) is 0 Å². The van der Waals surface area contributed by atoms with E-state index >= 15 is 0 Å². The molecule has 0 radical (unpaired) electrons. The van der Waals surface area contributed by atoms with Crippen molar-refractivity contribution in [3.05, 3.63) is 34.9 Å². The van der Waals surface area contributed by atoms with Crippen LogP contribution in [-0.4, -0.2) is 13.1 Å². The first-order valence-electron chi connectivity index (χ1n) is 8.21. The zero-order chi connectivity index (χ0) is 13.3. The van der Waals surface area contributed by atoms with E-state index in [1.165, 1.54) is 57.8 Å². The first kappa shape index (κ1) is 14.6. The largest absolute Gasteiger partial charge is 0.316 e. The summed E-state index contributed by atoms with van der Waals surface area (Å²) in [5.74, 6) is 0. The molecule has 0 aromatic heterocycles. The van der Waals surface area contributed by atoms with Crippen LogP contribution in [0, 0.1) is 0 Å². The Morgan fingerprint density at radius 2 is 1.63 bits per heavy atom. The van der Waals surface area contributed by atoms with E-state index in [-0.39, 0.29) is 0 Å². The lowest BCUT2D eigenvalue weighted by Gasteiger charge is -2.08. The van der Waals surface area contributed by atoms with Gasteiger partial charge in [-0.1, -0.05) is 57.2 Å². The van der Waals surface area contributed by atoms with Gasteiger partial charge in [-0.05, 0) is 55.5 Å². The third-order valence-electron chi connectivity index (χ3n) is 4.23. The Labute approximate surface area is 118 Å². The maximum absolute atomic E-state index is 3.49. The quantitative estimate of drug-likeness (QED) is 0.721. The van der Waals surface area contributed by atoms with Crippen molar-refractivity contribution in [1.29, 1.82) is 0 Å². The fraction of sp³-hybridized carbons (Fsp3) is 0.667. The van der Waals surface area contributed by atoms with Crippen molar-refractivity contribution in [2.45, 2.75) is 64.7 Å². The number of fused-ring (bicyclic) bond motifs is 1. The molecule has 1 nitrogen and oxygen atoms in total. The van der Waals surface area contributed by atoms with E-state index in [9.17, 15) is 0 Å². The average molecular weight is 259 g/mol. The Hall–Kier alpha value is -0.820. The maximum atomic E-state index is 3.49. The molecule has 0 saturated carbocycles. The SMILES string of the molecule is CCCCCCCCc1ccc2c(c1)CCNCC2. The van der Waals surface area contributed by atoms with Crippen molar-refractivity contribution in [3.8, 4) is 0 Å². The summed E-state index contributed by atoms with van der Waals surface area (Å²) in [6.45, 7) is 4.57. The van der Waals surface area contributed by atoms with Crippen LogP contribution >= 0.6 is 0 Å². The number of rotatable bonds is 7. The van der Waals surface area contributed by atoms with Crippen LogP contribution in [0.5, 0.6) is 0 Å². The van der Waals surface area contributed by atoms with Crippen molar-refractivity contribution in [3.63, 3.8) is 0 Å². The van der Waals surface area contributed by atoms with Crippen LogP contribution in [0.25, 0.3) is 0 Å². The Morgan fingerprint density at radius 3 is 2.47 bits per heavy atom. The summed E-state index contributed by atoms with van der Waals surface area (Å²) in [6, 6.07) is 7.19. The molecule has 0 aliphatic carbocycles. The third kappa shape index (κ3) is 4.99. The predicted octanol–water partition coefficient (Wildman–Crippen LogP) is 4.28. The molecule has 1 aromatic carbocycles. The van der Waals surface area contributed by atoms with E-state index in [1.807, 2.05) is 0 Å².